The highest BCUT2D eigenvalue weighted by atomic mass is 14.9. The van der Waals surface area contributed by atoms with E-state index < -0.39 is 0 Å². The Morgan fingerprint density at radius 1 is 1.00 bits per heavy atom. The van der Waals surface area contributed by atoms with E-state index in [0.717, 1.165) is 23.6 Å². The molecule has 94 valence electrons. The molecule has 3 aromatic rings. The van der Waals surface area contributed by atoms with Gasteiger partial charge >= 0.3 is 0 Å². The van der Waals surface area contributed by atoms with E-state index in [9.17, 15) is 0 Å². The lowest BCUT2D eigenvalue weighted by molar-refractivity contribution is 0.788. The molecule has 0 saturated carbocycles. The lowest BCUT2D eigenvalue weighted by atomic mass is 10.0. The largest absolute Gasteiger partial charge is 0.314 e. The second-order valence-electron chi connectivity index (χ2n) is 4.43. The summed E-state index contributed by atoms with van der Waals surface area (Å²) in [5.41, 5.74) is 2.08. The van der Waals surface area contributed by atoms with E-state index in [1.807, 2.05) is 37.5 Å². The number of benzene rings is 2. The smallest absolute Gasteiger partial charge is 0.160 e. The fourth-order valence-corrected chi connectivity index (χ4v) is 2.23. The number of nitrogens with one attached hydrogen (secondary N) is 1. The molecule has 3 heteroatoms. The van der Waals surface area contributed by atoms with E-state index in [-0.39, 0.29) is 0 Å². The standard InChI is InChI=1S/C16H15N3/c1-17-11-13-9-10-18-16(19-13)15-8-4-6-12-5-2-3-7-14(12)15/h2-10,17H,11H2,1H3. The van der Waals surface area contributed by atoms with Crippen molar-refractivity contribution in [2.75, 3.05) is 7.05 Å². The van der Waals surface area contributed by atoms with Crippen molar-refractivity contribution in [3.05, 3.63) is 60.4 Å². The molecule has 0 unspecified atom stereocenters. The van der Waals surface area contributed by atoms with Gasteiger partial charge in [0.2, 0.25) is 0 Å². The lowest BCUT2D eigenvalue weighted by Gasteiger charge is -2.06. The fraction of sp³-hybridized carbons (Fsp3) is 0.125. The first-order valence-electron chi connectivity index (χ1n) is 6.33. The Morgan fingerprint density at radius 3 is 2.74 bits per heavy atom. The molecule has 0 saturated heterocycles. The van der Waals surface area contributed by atoms with Gasteiger partial charge in [0, 0.05) is 18.3 Å². The first kappa shape index (κ1) is 11.8. The minimum Gasteiger partial charge on any atom is -0.314 e. The summed E-state index contributed by atoms with van der Waals surface area (Å²) >= 11 is 0. The van der Waals surface area contributed by atoms with Gasteiger partial charge in [-0.25, -0.2) is 9.97 Å². The molecule has 0 aliphatic heterocycles. The van der Waals surface area contributed by atoms with Crippen molar-refractivity contribution in [1.82, 2.24) is 15.3 Å². The van der Waals surface area contributed by atoms with Crippen LogP contribution in [0.25, 0.3) is 22.2 Å². The molecule has 0 aliphatic carbocycles. The minimum absolute atomic E-state index is 0.750. The molecule has 1 N–H and O–H groups in total. The Kier molecular flexibility index (Phi) is 3.21. The molecule has 0 fully saturated rings. The number of nitrogens with zero attached hydrogens (tertiary/aromatic N) is 2. The minimum atomic E-state index is 0.750. The molecule has 1 heterocycles. The highest BCUT2D eigenvalue weighted by Crippen LogP contribution is 2.25. The summed E-state index contributed by atoms with van der Waals surface area (Å²) in [5.74, 6) is 0.782. The first-order valence-corrected chi connectivity index (χ1v) is 6.33. The topological polar surface area (TPSA) is 37.8 Å². The van der Waals surface area contributed by atoms with E-state index in [2.05, 4.69) is 39.6 Å². The fourth-order valence-electron chi connectivity index (χ4n) is 2.23. The molecule has 1 aromatic heterocycles. The molecular weight excluding hydrogens is 234 g/mol. The summed E-state index contributed by atoms with van der Waals surface area (Å²) in [6.45, 7) is 0.750. The SMILES string of the molecule is CNCc1ccnc(-c2cccc3ccccc23)n1. The first-order chi connectivity index (χ1) is 9.38. The molecule has 0 radical (unpaired) electrons. The van der Waals surface area contributed by atoms with Crippen LogP contribution in [0.5, 0.6) is 0 Å². The number of fused-ring (bicyclic) bond motifs is 1. The van der Waals surface area contributed by atoms with Crippen molar-refractivity contribution in [2.45, 2.75) is 6.54 Å². The van der Waals surface area contributed by atoms with Crippen LogP contribution in [0.15, 0.2) is 54.7 Å². The average Bonchev–Trinajstić information content (AvgIpc) is 2.47. The number of hydrogen-bond donors (Lipinski definition) is 1. The maximum Gasteiger partial charge on any atom is 0.160 e. The van der Waals surface area contributed by atoms with Crippen LogP contribution in [-0.2, 0) is 6.54 Å². The summed E-state index contributed by atoms with van der Waals surface area (Å²) in [5, 5.41) is 5.51. The molecule has 0 aliphatic rings. The molecule has 0 bridgehead atoms. The van der Waals surface area contributed by atoms with Crippen LogP contribution in [0.4, 0.5) is 0 Å². The number of hydrogen-bond acceptors (Lipinski definition) is 3. The van der Waals surface area contributed by atoms with Gasteiger partial charge in [0.05, 0.1) is 5.69 Å². The molecule has 0 atom stereocenters. The van der Waals surface area contributed by atoms with Crippen LogP contribution in [-0.4, -0.2) is 17.0 Å². The quantitative estimate of drug-likeness (QED) is 0.775. The summed E-state index contributed by atoms with van der Waals surface area (Å²) in [7, 11) is 1.92. The predicted octanol–water partition coefficient (Wildman–Crippen LogP) is 3.02. The zero-order valence-corrected chi connectivity index (χ0v) is 10.8. The summed E-state index contributed by atoms with van der Waals surface area (Å²) in [6, 6.07) is 16.5. The summed E-state index contributed by atoms with van der Waals surface area (Å²) in [6.07, 6.45) is 1.82. The van der Waals surface area contributed by atoms with Gasteiger partial charge in [-0.1, -0.05) is 42.5 Å². The van der Waals surface area contributed by atoms with Gasteiger partial charge in [-0.3, -0.25) is 0 Å². The van der Waals surface area contributed by atoms with Crippen molar-refractivity contribution in [2.24, 2.45) is 0 Å². The third kappa shape index (κ3) is 2.33. The van der Waals surface area contributed by atoms with Crippen molar-refractivity contribution in [3.63, 3.8) is 0 Å². The molecule has 0 spiro atoms. The lowest BCUT2D eigenvalue weighted by Crippen LogP contribution is -2.07. The van der Waals surface area contributed by atoms with Crippen molar-refractivity contribution in [1.29, 1.82) is 0 Å². The van der Waals surface area contributed by atoms with Crippen molar-refractivity contribution in [3.8, 4) is 11.4 Å². The summed E-state index contributed by atoms with van der Waals surface area (Å²) < 4.78 is 0. The molecule has 3 nitrogen and oxygen atoms in total. The molecule has 2 aromatic carbocycles. The zero-order chi connectivity index (χ0) is 13.1. The van der Waals surface area contributed by atoms with Gasteiger partial charge in [0.15, 0.2) is 5.82 Å². The van der Waals surface area contributed by atoms with Gasteiger partial charge in [0.25, 0.3) is 0 Å². The molecule has 3 rings (SSSR count). The Bertz CT molecular complexity index is 702. The zero-order valence-electron chi connectivity index (χ0n) is 10.8. The predicted molar refractivity (Wildman–Crippen MR) is 77.7 cm³/mol. The Balaban J connectivity index is 2.16. The van der Waals surface area contributed by atoms with Gasteiger partial charge in [0.1, 0.15) is 0 Å². The van der Waals surface area contributed by atoms with Crippen LogP contribution in [0.2, 0.25) is 0 Å². The highest BCUT2D eigenvalue weighted by molar-refractivity contribution is 5.94. The van der Waals surface area contributed by atoms with Crippen LogP contribution >= 0.6 is 0 Å². The number of aromatic nitrogens is 2. The Labute approximate surface area is 112 Å². The van der Waals surface area contributed by atoms with Gasteiger partial charge in [-0.2, -0.15) is 0 Å². The van der Waals surface area contributed by atoms with Crippen molar-refractivity contribution >= 4 is 10.8 Å². The molecule has 0 amide bonds. The second kappa shape index (κ2) is 5.16. The molecular formula is C16H15N3. The number of rotatable bonds is 3. The Hall–Kier alpha value is -2.26. The van der Waals surface area contributed by atoms with Crippen LogP contribution in [0.3, 0.4) is 0 Å². The van der Waals surface area contributed by atoms with Crippen LogP contribution in [0, 0.1) is 0 Å². The third-order valence-electron chi connectivity index (χ3n) is 3.10. The van der Waals surface area contributed by atoms with E-state index in [1.165, 1.54) is 10.8 Å². The van der Waals surface area contributed by atoms with E-state index in [1.54, 1.807) is 0 Å². The van der Waals surface area contributed by atoms with Gasteiger partial charge in [-0.05, 0) is 23.9 Å². The van der Waals surface area contributed by atoms with Crippen LogP contribution in [0.1, 0.15) is 5.69 Å². The maximum atomic E-state index is 4.61. The normalized spacial score (nSPS) is 10.8. The second-order valence-corrected chi connectivity index (χ2v) is 4.43. The van der Waals surface area contributed by atoms with Crippen molar-refractivity contribution < 1.29 is 0 Å². The van der Waals surface area contributed by atoms with Gasteiger partial charge < -0.3 is 5.32 Å². The maximum absolute atomic E-state index is 4.61. The third-order valence-corrected chi connectivity index (χ3v) is 3.10. The highest BCUT2D eigenvalue weighted by Gasteiger charge is 2.06. The van der Waals surface area contributed by atoms with Gasteiger partial charge in [-0.15, -0.1) is 0 Å². The van der Waals surface area contributed by atoms with E-state index in [0.29, 0.717) is 0 Å². The molecule has 19 heavy (non-hydrogen) atoms. The average molecular weight is 249 g/mol. The van der Waals surface area contributed by atoms with Crippen LogP contribution < -0.4 is 5.32 Å². The Morgan fingerprint density at radius 2 is 1.84 bits per heavy atom. The van der Waals surface area contributed by atoms with E-state index in [4.69, 9.17) is 0 Å². The summed E-state index contributed by atoms with van der Waals surface area (Å²) in [4.78, 5) is 9.01. The monoisotopic (exact) mass is 249 g/mol. The van der Waals surface area contributed by atoms with E-state index >= 15 is 0 Å².